The van der Waals surface area contributed by atoms with Gasteiger partial charge in [0.1, 0.15) is 5.60 Å². The van der Waals surface area contributed by atoms with Gasteiger partial charge in [0.15, 0.2) is 0 Å². The average molecular weight is 451 g/mol. The van der Waals surface area contributed by atoms with Crippen molar-refractivity contribution in [2.24, 2.45) is 11.8 Å². The van der Waals surface area contributed by atoms with Gasteiger partial charge < -0.3 is 14.4 Å². The molecule has 3 aliphatic heterocycles. The van der Waals surface area contributed by atoms with Gasteiger partial charge in [-0.1, -0.05) is 19.1 Å². The van der Waals surface area contributed by atoms with E-state index in [9.17, 15) is 4.79 Å². The molecular weight excluding hydrogens is 420 g/mol. The summed E-state index contributed by atoms with van der Waals surface area (Å²) in [4.78, 5) is 17.1. The fourth-order valence-corrected chi connectivity index (χ4v) is 3.95. The number of allylic oxidation sites excluding steroid dienone is 4. The predicted molar refractivity (Wildman–Crippen MR) is 114 cm³/mol. The maximum Gasteiger partial charge on any atom is 0.414 e. The SMILES string of the molecule is CC1C=CN2C=C(Br)C=C(N(CC3CCOCC3)C(=O)OC(C)(C)C)C2=CC1. The number of fused-ring (bicyclic) bond motifs is 1. The van der Waals surface area contributed by atoms with Gasteiger partial charge in [0.25, 0.3) is 0 Å². The third-order valence-corrected chi connectivity index (χ3v) is 5.46. The number of carbonyl (C=O) groups is 1. The normalized spacial score (nSPS) is 23.2. The number of ether oxygens (including phenoxy) is 2. The van der Waals surface area contributed by atoms with E-state index in [1.54, 1.807) is 0 Å². The van der Waals surface area contributed by atoms with Crippen LogP contribution in [0.2, 0.25) is 0 Å². The van der Waals surface area contributed by atoms with Gasteiger partial charge >= 0.3 is 6.09 Å². The molecular formula is C22H31BrN2O3. The first-order chi connectivity index (χ1) is 13.2. The number of hydrogen-bond acceptors (Lipinski definition) is 4. The lowest BCUT2D eigenvalue weighted by Gasteiger charge is -2.36. The van der Waals surface area contributed by atoms with Crippen LogP contribution in [0.15, 0.2) is 46.5 Å². The molecule has 0 radical (unpaired) electrons. The second kappa shape index (κ2) is 8.87. The molecule has 0 aromatic carbocycles. The second-order valence-electron chi connectivity index (χ2n) is 8.74. The van der Waals surface area contributed by atoms with Crippen molar-refractivity contribution >= 4 is 22.0 Å². The lowest BCUT2D eigenvalue weighted by atomic mass is 9.99. The van der Waals surface area contributed by atoms with Gasteiger partial charge in [-0.3, -0.25) is 4.90 Å². The molecule has 0 spiro atoms. The zero-order chi connectivity index (χ0) is 20.3. The maximum absolute atomic E-state index is 13.2. The van der Waals surface area contributed by atoms with Gasteiger partial charge in [-0.2, -0.15) is 0 Å². The molecule has 1 atom stereocenters. The molecule has 0 N–H and O–H groups in total. The molecule has 3 heterocycles. The Labute approximate surface area is 176 Å². The fourth-order valence-electron chi connectivity index (χ4n) is 3.52. The van der Waals surface area contributed by atoms with Gasteiger partial charge in [0.05, 0.1) is 11.4 Å². The number of halogens is 1. The van der Waals surface area contributed by atoms with E-state index in [1.165, 1.54) is 0 Å². The van der Waals surface area contributed by atoms with Crippen LogP contribution in [0.5, 0.6) is 0 Å². The fraction of sp³-hybridized carbons (Fsp3) is 0.591. The predicted octanol–water partition coefficient (Wildman–Crippen LogP) is 5.52. The number of carbonyl (C=O) groups excluding carboxylic acids is 1. The summed E-state index contributed by atoms with van der Waals surface area (Å²) >= 11 is 3.62. The van der Waals surface area contributed by atoms with Gasteiger partial charge in [-0.25, -0.2) is 4.79 Å². The van der Waals surface area contributed by atoms with E-state index >= 15 is 0 Å². The summed E-state index contributed by atoms with van der Waals surface area (Å²) in [5.41, 5.74) is 1.37. The maximum atomic E-state index is 13.2. The highest BCUT2D eigenvalue weighted by Crippen LogP contribution is 2.34. The van der Waals surface area contributed by atoms with Crippen molar-refractivity contribution in [1.82, 2.24) is 9.80 Å². The molecule has 154 valence electrons. The highest BCUT2D eigenvalue weighted by molar-refractivity contribution is 9.11. The lowest BCUT2D eigenvalue weighted by molar-refractivity contribution is 0.0196. The minimum Gasteiger partial charge on any atom is -0.443 e. The van der Waals surface area contributed by atoms with E-state index in [2.05, 4.69) is 46.1 Å². The molecule has 5 nitrogen and oxygen atoms in total. The van der Waals surface area contributed by atoms with Crippen LogP contribution in [0.25, 0.3) is 0 Å². The molecule has 0 aliphatic carbocycles. The average Bonchev–Trinajstić information content (AvgIpc) is 2.80. The quantitative estimate of drug-likeness (QED) is 0.567. The van der Waals surface area contributed by atoms with Gasteiger partial charge in [0, 0.05) is 36.6 Å². The van der Waals surface area contributed by atoms with Crippen molar-refractivity contribution < 1.29 is 14.3 Å². The first-order valence-electron chi connectivity index (χ1n) is 10.1. The Balaban J connectivity index is 1.93. The van der Waals surface area contributed by atoms with Crippen LogP contribution >= 0.6 is 15.9 Å². The van der Waals surface area contributed by atoms with E-state index in [4.69, 9.17) is 9.47 Å². The summed E-state index contributed by atoms with van der Waals surface area (Å²) in [6, 6.07) is 0. The van der Waals surface area contributed by atoms with Crippen molar-refractivity contribution in [3.05, 3.63) is 46.5 Å². The Bertz CT molecular complexity index is 712. The van der Waals surface area contributed by atoms with Crippen molar-refractivity contribution in [3.63, 3.8) is 0 Å². The molecule has 1 amide bonds. The Kier molecular flexibility index (Phi) is 6.71. The number of hydrogen-bond donors (Lipinski definition) is 0. The Morgan fingerprint density at radius 1 is 1.36 bits per heavy atom. The Hall–Kier alpha value is -1.53. The zero-order valence-electron chi connectivity index (χ0n) is 17.3. The summed E-state index contributed by atoms with van der Waals surface area (Å²) in [7, 11) is 0. The van der Waals surface area contributed by atoms with Gasteiger partial charge in [-0.15, -0.1) is 0 Å². The van der Waals surface area contributed by atoms with Crippen LogP contribution in [-0.2, 0) is 9.47 Å². The van der Waals surface area contributed by atoms with Crippen LogP contribution in [0.3, 0.4) is 0 Å². The van der Waals surface area contributed by atoms with Crippen LogP contribution in [0.1, 0.15) is 47.0 Å². The first kappa shape index (κ1) is 21.2. The van der Waals surface area contributed by atoms with Crippen LogP contribution in [-0.4, -0.2) is 41.3 Å². The van der Waals surface area contributed by atoms with E-state index in [1.807, 2.05) is 37.9 Å². The Morgan fingerprint density at radius 3 is 2.75 bits per heavy atom. The third kappa shape index (κ3) is 5.51. The molecule has 0 aromatic rings. The molecule has 1 unspecified atom stereocenters. The van der Waals surface area contributed by atoms with Gasteiger partial charge in [-0.05, 0) is 73.9 Å². The number of amides is 1. The molecule has 28 heavy (non-hydrogen) atoms. The topological polar surface area (TPSA) is 42.0 Å². The largest absolute Gasteiger partial charge is 0.443 e. The first-order valence-corrected chi connectivity index (χ1v) is 10.9. The van der Waals surface area contributed by atoms with Crippen LogP contribution in [0.4, 0.5) is 4.79 Å². The van der Waals surface area contributed by atoms with Crippen molar-refractivity contribution in [3.8, 4) is 0 Å². The molecule has 3 aliphatic rings. The number of nitrogens with zero attached hydrogens (tertiary/aromatic N) is 2. The highest BCUT2D eigenvalue weighted by Gasteiger charge is 2.32. The van der Waals surface area contributed by atoms with Crippen molar-refractivity contribution in [2.45, 2.75) is 52.6 Å². The van der Waals surface area contributed by atoms with E-state index in [0.717, 1.165) is 48.4 Å². The summed E-state index contributed by atoms with van der Waals surface area (Å²) in [5.74, 6) is 0.859. The molecule has 6 heteroatoms. The Morgan fingerprint density at radius 2 is 2.07 bits per heavy atom. The van der Waals surface area contributed by atoms with Crippen molar-refractivity contribution in [2.75, 3.05) is 19.8 Å². The standard InChI is InChI=1S/C22H31BrN2O3/c1-16-5-6-19-20(13-18(23)15-24(19)10-7-16)25(21(26)28-22(2,3)4)14-17-8-11-27-12-9-17/h6-7,10,13,15-17H,5,8-9,11-12,14H2,1-4H3. The van der Waals surface area contributed by atoms with Crippen LogP contribution < -0.4 is 0 Å². The smallest absolute Gasteiger partial charge is 0.414 e. The minimum absolute atomic E-state index is 0.297. The second-order valence-corrected chi connectivity index (χ2v) is 9.66. The zero-order valence-corrected chi connectivity index (χ0v) is 18.9. The monoisotopic (exact) mass is 450 g/mol. The minimum atomic E-state index is -0.542. The highest BCUT2D eigenvalue weighted by atomic mass is 79.9. The molecule has 0 bridgehead atoms. The summed E-state index contributed by atoms with van der Waals surface area (Å²) in [6.45, 7) is 10.1. The number of rotatable bonds is 3. The summed E-state index contributed by atoms with van der Waals surface area (Å²) in [6.07, 6.45) is 13.1. The van der Waals surface area contributed by atoms with Crippen molar-refractivity contribution in [1.29, 1.82) is 0 Å². The van der Waals surface area contributed by atoms with E-state index in [-0.39, 0.29) is 6.09 Å². The lowest BCUT2D eigenvalue weighted by Crippen LogP contribution is -2.42. The molecule has 0 aromatic heterocycles. The molecule has 1 saturated heterocycles. The molecule has 3 rings (SSSR count). The molecule has 1 fully saturated rings. The summed E-state index contributed by atoms with van der Waals surface area (Å²) in [5, 5.41) is 0. The van der Waals surface area contributed by atoms with E-state index in [0.29, 0.717) is 18.4 Å². The van der Waals surface area contributed by atoms with Crippen LogP contribution in [0, 0.1) is 11.8 Å². The van der Waals surface area contributed by atoms with Gasteiger partial charge in [0.2, 0.25) is 0 Å². The third-order valence-electron chi connectivity index (χ3n) is 5.02. The molecule has 0 saturated carbocycles. The van der Waals surface area contributed by atoms with E-state index < -0.39 is 5.60 Å². The summed E-state index contributed by atoms with van der Waals surface area (Å²) < 4.78 is 12.2.